The molecule has 2 N–H and O–H groups in total. The number of hydrogen-bond acceptors (Lipinski definition) is 3. The van der Waals surface area contributed by atoms with Crippen LogP contribution in [0, 0.1) is 5.92 Å². The van der Waals surface area contributed by atoms with Gasteiger partial charge < -0.3 is 15.4 Å². The number of carbonyl (C=O) groups excluding carboxylic acids is 1. The van der Waals surface area contributed by atoms with Gasteiger partial charge >= 0.3 is 0 Å². The molecule has 2 fully saturated rings. The van der Waals surface area contributed by atoms with E-state index in [4.69, 9.17) is 10.5 Å². The van der Waals surface area contributed by atoms with Crippen LogP contribution in [0.5, 0.6) is 0 Å². The fraction of sp³-hybridized carbons (Fsp3) is 0.917. The second kappa shape index (κ2) is 4.72. The third-order valence-electron chi connectivity index (χ3n) is 3.86. The van der Waals surface area contributed by atoms with E-state index in [1.54, 1.807) is 0 Å². The van der Waals surface area contributed by atoms with E-state index >= 15 is 0 Å². The number of rotatable bonds is 2. The zero-order valence-electron chi connectivity index (χ0n) is 10.1. The lowest BCUT2D eigenvalue weighted by molar-refractivity contribution is -0.138. The molecule has 2 unspecified atom stereocenters. The van der Waals surface area contributed by atoms with E-state index in [0.717, 1.165) is 25.9 Å². The Labute approximate surface area is 97.1 Å². The van der Waals surface area contributed by atoms with Gasteiger partial charge in [-0.25, -0.2) is 0 Å². The Balaban J connectivity index is 1.98. The smallest absolute Gasteiger partial charge is 0.245 e. The Morgan fingerprint density at radius 2 is 2.44 bits per heavy atom. The maximum absolute atomic E-state index is 12.3. The molecule has 2 aliphatic rings. The summed E-state index contributed by atoms with van der Waals surface area (Å²) < 4.78 is 5.25. The van der Waals surface area contributed by atoms with Crippen molar-refractivity contribution in [2.45, 2.75) is 38.1 Å². The molecule has 2 aliphatic heterocycles. The Hall–Kier alpha value is -0.610. The van der Waals surface area contributed by atoms with Crippen LogP contribution in [-0.4, -0.2) is 42.6 Å². The number of nitrogens with two attached hydrogens (primary N) is 1. The monoisotopic (exact) mass is 226 g/mol. The van der Waals surface area contributed by atoms with Crippen molar-refractivity contribution >= 4 is 5.91 Å². The first-order chi connectivity index (χ1) is 7.65. The largest absolute Gasteiger partial charge is 0.379 e. The summed E-state index contributed by atoms with van der Waals surface area (Å²) in [6.45, 7) is 4.95. The predicted molar refractivity (Wildman–Crippen MR) is 61.9 cm³/mol. The number of carbonyl (C=O) groups is 1. The molecule has 0 aromatic carbocycles. The molecule has 16 heavy (non-hydrogen) atoms. The summed E-state index contributed by atoms with van der Waals surface area (Å²) in [7, 11) is 0. The molecule has 0 aliphatic carbocycles. The lowest BCUT2D eigenvalue weighted by atomic mass is 9.92. The number of hydrogen-bond donors (Lipinski definition) is 1. The van der Waals surface area contributed by atoms with Crippen LogP contribution in [0.3, 0.4) is 0 Å². The molecular formula is C12H22N2O2. The number of ether oxygens (including phenoxy) is 1. The van der Waals surface area contributed by atoms with Gasteiger partial charge in [-0.05, 0) is 25.2 Å². The highest BCUT2D eigenvalue weighted by Gasteiger charge is 2.41. The Morgan fingerprint density at radius 3 is 3.06 bits per heavy atom. The van der Waals surface area contributed by atoms with Gasteiger partial charge in [0.05, 0.1) is 6.61 Å². The van der Waals surface area contributed by atoms with Gasteiger partial charge in [0, 0.05) is 19.7 Å². The average Bonchev–Trinajstić information content (AvgIpc) is 2.76. The third-order valence-corrected chi connectivity index (χ3v) is 3.86. The van der Waals surface area contributed by atoms with Gasteiger partial charge in [-0.1, -0.05) is 13.3 Å². The molecule has 0 spiro atoms. The summed E-state index contributed by atoms with van der Waals surface area (Å²) in [6.07, 6.45) is 4.17. The van der Waals surface area contributed by atoms with E-state index in [1.165, 1.54) is 6.42 Å². The first kappa shape index (κ1) is 11.9. The zero-order valence-corrected chi connectivity index (χ0v) is 10.1. The molecule has 0 saturated carbocycles. The number of piperidine rings is 1. The van der Waals surface area contributed by atoms with Crippen molar-refractivity contribution in [1.82, 2.24) is 4.90 Å². The second-order valence-corrected chi connectivity index (χ2v) is 5.13. The topological polar surface area (TPSA) is 55.6 Å². The molecule has 0 bridgehead atoms. The number of amides is 1. The summed E-state index contributed by atoms with van der Waals surface area (Å²) in [5.41, 5.74) is 5.36. The average molecular weight is 226 g/mol. The maximum atomic E-state index is 12.3. The van der Waals surface area contributed by atoms with E-state index in [2.05, 4.69) is 6.92 Å². The van der Waals surface area contributed by atoms with Crippen LogP contribution in [0.4, 0.5) is 0 Å². The third kappa shape index (κ3) is 2.23. The highest BCUT2D eigenvalue weighted by atomic mass is 16.5. The van der Waals surface area contributed by atoms with Crippen LogP contribution >= 0.6 is 0 Å². The Bertz CT molecular complexity index is 262. The number of likely N-dealkylation sites (tertiary alicyclic amines) is 1. The molecule has 2 atom stereocenters. The predicted octanol–water partition coefficient (Wildman–Crippen LogP) is 0.753. The molecule has 1 amide bonds. The molecule has 2 saturated heterocycles. The van der Waals surface area contributed by atoms with Gasteiger partial charge in [0.15, 0.2) is 0 Å². The van der Waals surface area contributed by atoms with Gasteiger partial charge in [-0.2, -0.15) is 0 Å². The van der Waals surface area contributed by atoms with Crippen molar-refractivity contribution in [2.24, 2.45) is 11.7 Å². The molecule has 0 aromatic heterocycles. The highest BCUT2D eigenvalue weighted by Crippen LogP contribution is 2.24. The number of nitrogens with zero attached hydrogens (tertiary/aromatic N) is 1. The van der Waals surface area contributed by atoms with Gasteiger partial charge in [-0.15, -0.1) is 0 Å². The molecule has 0 aromatic rings. The van der Waals surface area contributed by atoms with Gasteiger partial charge in [-0.3, -0.25) is 4.79 Å². The minimum atomic E-state index is -0.740. The summed E-state index contributed by atoms with van der Waals surface area (Å²) in [6, 6.07) is 0. The zero-order chi connectivity index (χ0) is 11.6. The summed E-state index contributed by atoms with van der Waals surface area (Å²) in [5.74, 6) is 0.756. The minimum Gasteiger partial charge on any atom is -0.379 e. The van der Waals surface area contributed by atoms with Crippen LogP contribution in [0.15, 0.2) is 0 Å². The fourth-order valence-electron chi connectivity index (χ4n) is 2.65. The van der Waals surface area contributed by atoms with Crippen LogP contribution < -0.4 is 5.73 Å². The maximum Gasteiger partial charge on any atom is 0.245 e. The Morgan fingerprint density at radius 1 is 1.62 bits per heavy atom. The first-order valence-corrected chi connectivity index (χ1v) is 6.32. The van der Waals surface area contributed by atoms with Crippen molar-refractivity contribution in [3.63, 3.8) is 0 Å². The molecule has 4 heteroatoms. The fourth-order valence-corrected chi connectivity index (χ4v) is 2.65. The molecule has 0 radical (unpaired) electrons. The molecule has 2 rings (SSSR count). The highest BCUT2D eigenvalue weighted by molar-refractivity contribution is 5.86. The molecule has 92 valence electrons. The Kier molecular flexibility index (Phi) is 3.50. The van der Waals surface area contributed by atoms with Gasteiger partial charge in [0.2, 0.25) is 5.91 Å². The van der Waals surface area contributed by atoms with Crippen LogP contribution in [0.1, 0.15) is 32.6 Å². The van der Waals surface area contributed by atoms with E-state index in [-0.39, 0.29) is 5.91 Å². The van der Waals surface area contributed by atoms with Gasteiger partial charge in [0.25, 0.3) is 0 Å². The molecule has 2 heterocycles. The van der Waals surface area contributed by atoms with Crippen LogP contribution in [0.2, 0.25) is 0 Å². The van der Waals surface area contributed by atoms with Crippen molar-refractivity contribution in [3.05, 3.63) is 0 Å². The minimum absolute atomic E-state index is 0.100. The van der Waals surface area contributed by atoms with Crippen molar-refractivity contribution in [3.8, 4) is 0 Å². The normalized spacial score (nSPS) is 35.4. The van der Waals surface area contributed by atoms with E-state index < -0.39 is 5.54 Å². The van der Waals surface area contributed by atoms with Crippen molar-refractivity contribution in [2.75, 3.05) is 26.3 Å². The second-order valence-electron chi connectivity index (χ2n) is 5.13. The summed E-state index contributed by atoms with van der Waals surface area (Å²) in [5, 5.41) is 0. The van der Waals surface area contributed by atoms with Crippen molar-refractivity contribution in [1.29, 1.82) is 0 Å². The van der Waals surface area contributed by atoms with E-state index in [0.29, 0.717) is 25.6 Å². The summed E-state index contributed by atoms with van der Waals surface area (Å²) >= 11 is 0. The van der Waals surface area contributed by atoms with Crippen LogP contribution in [-0.2, 0) is 9.53 Å². The van der Waals surface area contributed by atoms with Crippen molar-refractivity contribution < 1.29 is 9.53 Å². The van der Waals surface area contributed by atoms with E-state index in [9.17, 15) is 4.79 Å². The summed E-state index contributed by atoms with van der Waals surface area (Å²) in [4.78, 5) is 14.3. The SMILES string of the molecule is CCC1CCCN(C(=O)C2(N)CCOC2)C1. The molecule has 4 nitrogen and oxygen atoms in total. The lowest BCUT2D eigenvalue weighted by Crippen LogP contribution is -2.57. The standard InChI is InChI=1S/C12H22N2O2/c1-2-10-4-3-6-14(8-10)11(15)12(13)5-7-16-9-12/h10H,2-9,13H2,1H3. The van der Waals surface area contributed by atoms with E-state index in [1.807, 2.05) is 4.90 Å². The lowest BCUT2D eigenvalue weighted by Gasteiger charge is -2.36. The first-order valence-electron chi connectivity index (χ1n) is 6.32. The molecular weight excluding hydrogens is 204 g/mol. The van der Waals surface area contributed by atoms with Crippen LogP contribution in [0.25, 0.3) is 0 Å². The van der Waals surface area contributed by atoms with Gasteiger partial charge in [0.1, 0.15) is 5.54 Å². The quantitative estimate of drug-likeness (QED) is 0.756.